The third kappa shape index (κ3) is 3.32. The monoisotopic (exact) mass is 199 g/mol. The Morgan fingerprint density at radius 3 is 1.43 bits per heavy atom. The van der Waals surface area contributed by atoms with Gasteiger partial charge in [0.05, 0.1) is 0 Å². The first-order chi connectivity index (χ1) is 5.88. The van der Waals surface area contributed by atoms with E-state index in [1.165, 1.54) is 0 Å². The molecule has 84 valence electrons. The maximum absolute atomic E-state index is 12.0. The maximum Gasteiger partial charge on any atom is 0.226 e. The molecule has 0 saturated carbocycles. The summed E-state index contributed by atoms with van der Waals surface area (Å²) >= 11 is 0. The van der Waals surface area contributed by atoms with E-state index in [1.54, 1.807) is 0 Å². The minimum absolute atomic E-state index is 0.0255. The van der Waals surface area contributed by atoms with Gasteiger partial charge in [-0.1, -0.05) is 34.6 Å². The van der Waals surface area contributed by atoms with Crippen LogP contribution in [0.1, 0.15) is 55.4 Å². The Bertz CT molecular complexity index is 215. The third-order valence-corrected chi connectivity index (χ3v) is 2.93. The van der Waals surface area contributed by atoms with Gasteiger partial charge in [-0.3, -0.25) is 4.79 Å². The van der Waals surface area contributed by atoms with Gasteiger partial charge in [0.2, 0.25) is 5.91 Å². The summed E-state index contributed by atoms with van der Waals surface area (Å²) in [5.74, 6) is 0.123. The molecule has 0 heterocycles. The fourth-order valence-electron chi connectivity index (χ4n) is 0.837. The van der Waals surface area contributed by atoms with Gasteiger partial charge in [0.25, 0.3) is 0 Å². The summed E-state index contributed by atoms with van der Waals surface area (Å²) < 4.78 is 0. The molecule has 2 nitrogen and oxygen atoms in total. The molecule has 0 fully saturated rings. The third-order valence-electron chi connectivity index (χ3n) is 2.93. The lowest BCUT2D eigenvalue weighted by atomic mass is 9.68. The predicted molar refractivity (Wildman–Crippen MR) is 61.1 cm³/mol. The molecule has 0 radical (unpaired) electrons. The average molecular weight is 199 g/mol. The molecule has 0 atom stereocenters. The zero-order valence-corrected chi connectivity index (χ0v) is 10.9. The van der Waals surface area contributed by atoms with Crippen LogP contribution < -0.4 is 5.32 Å². The zero-order valence-electron chi connectivity index (χ0n) is 10.9. The van der Waals surface area contributed by atoms with E-state index in [0.717, 1.165) is 0 Å². The molecule has 0 aromatic rings. The molecule has 1 N–H and O–H groups in total. The largest absolute Gasteiger partial charge is 0.351 e. The molecule has 0 aromatic carbocycles. The van der Waals surface area contributed by atoms with Gasteiger partial charge in [-0.15, -0.1) is 0 Å². The van der Waals surface area contributed by atoms with Gasteiger partial charge in [-0.05, 0) is 26.2 Å². The second kappa shape index (κ2) is 3.56. The van der Waals surface area contributed by atoms with Crippen molar-refractivity contribution >= 4 is 5.91 Å². The van der Waals surface area contributed by atoms with Gasteiger partial charge in [-0.25, -0.2) is 0 Å². The lowest BCUT2D eigenvalue weighted by Gasteiger charge is -2.39. The molecule has 0 aliphatic rings. The summed E-state index contributed by atoms with van der Waals surface area (Å²) in [6.07, 6.45) is 0. The summed E-state index contributed by atoms with van der Waals surface area (Å²) in [5.41, 5.74) is -0.526. The highest BCUT2D eigenvalue weighted by molar-refractivity contribution is 5.83. The summed E-state index contributed by atoms with van der Waals surface area (Å²) in [4.78, 5) is 12.0. The Morgan fingerprint density at radius 2 is 1.21 bits per heavy atom. The molecule has 14 heavy (non-hydrogen) atoms. The number of carbonyl (C=O) groups excluding carboxylic acids is 1. The number of hydrogen-bond donors (Lipinski definition) is 1. The Kier molecular flexibility index (Phi) is 3.42. The normalized spacial score (nSPS) is 14.0. The Morgan fingerprint density at radius 1 is 0.857 bits per heavy atom. The van der Waals surface area contributed by atoms with Crippen LogP contribution in [-0.4, -0.2) is 11.4 Å². The van der Waals surface area contributed by atoms with Crippen molar-refractivity contribution in [1.29, 1.82) is 0 Å². The van der Waals surface area contributed by atoms with Crippen LogP contribution in [0.5, 0.6) is 0 Å². The number of nitrogens with one attached hydrogen (secondary N) is 1. The van der Waals surface area contributed by atoms with Gasteiger partial charge < -0.3 is 5.32 Å². The van der Waals surface area contributed by atoms with Crippen LogP contribution >= 0.6 is 0 Å². The molecule has 0 saturated heterocycles. The van der Waals surface area contributed by atoms with Crippen LogP contribution in [0, 0.1) is 10.8 Å². The van der Waals surface area contributed by atoms with Crippen molar-refractivity contribution in [3.63, 3.8) is 0 Å². The molecule has 0 aliphatic heterocycles. The summed E-state index contributed by atoms with van der Waals surface area (Å²) in [7, 11) is 0. The van der Waals surface area contributed by atoms with Crippen LogP contribution in [0.15, 0.2) is 0 Å². The van der Waals surface area contributed by atoms with Gasteiger partial charge >= 0.3 is 0 Å². The van der Waals surface area contributed by atoms with Gasteiger partial charge in [-0.2, -0.15) is 0 Å². The van der Waals surface area contributed by atoms with Crippen molar-refractivity contribution in [3.8, 4) is 0 Å². The van der Waals surface area contributed by atoms with E-state index in [1.807, 2.05) is 34.6 Å². The quantitative estimate of drug-likeness (QED) is 0.691. The fourth-order valence-corrected chi connectivity index (χ4v) is 0.837. The van der Waals surface area contributed by atoms with E-state index in [-0.39, 0.29) is 22.3 Å². The van der Waals surface area contributed by atoms with Crippen LogP contribution in [-0.2, 0) is 4.79 Å². The van der Waals surface area contributed by atoms with Crippen molar-refractivity contribution in [2.45, 2.75) is 60.9 Å². The van der Waals surface area contributed by atoms with Crippen LogP contribution in [0.2, 0.25) is 0 Å². The molecular formula is C12H25NO. The van der Waals surface area contributed by atoms with Gasteiger partial charge in [0.1, 0.15) is 0 Å². The van der Waals surface area contributed by atoms with Gasteiger partial charge in [0.15, 0.2) is 0 Å². The highest BCUT2D eigenvalue weighted by Gasteiger charge is 2.40. The molecule has 2 heteroatoms. The second-order valence-electron chi connectivity index (χ2n) is 6.58. The van der Waals surface area contributed by atoms with Crippen molar-refractivity contribution in [3.05, 3.63) is 0 Å². The van der Waals surface area contributed by atoms with Crippen LogP contribution in [0.25, 0.3) is 0 Å². The minimum atomic E-state index is -0.347. The fraction of sp³-hybridized carbons (Fsp3) is 0.917. The Labute approximate surface area is 88.5 Å². The summed E-state index contributed by atoms with van der Waals surface area (Å²) in [6, 6.07) is 0. The number of rotatable bonds is 1. The lowest BCUT2D eigenvalue weighted by Crippen LogP contribution is -2.51. The van der Waals surface area contributed by atoms with E-state index < -0.39 is 0 Å². The predicted octanol–water partition coefficient (Wildman–Crippen LogP) is 2.97. The average Bonchev–Trinajstić information content (AvgIpc) is 1.80. The molecule has 0 spiro atoms. The zero-order chi connectivity index (χ0) is 11.8. The molecular weight excluding hydrogens is 174 g/mol. The van der Waals surface area contributed by atoms with Crippen molar-refractivity contribution < 1.29 is 4.79 Å². The van der Waals surface area contributed by atoms with Crippen LogP contribution in [0.4, 0.5) is 0 Å². The highest BCUT2D eigenvalue weighted by atomic mass is 16.2. The van der Waals surface area contributed by atoms with E-state index >= 15 is 0 Å². The molecule has 0 aromatic heterocycles. The number of hydrogen-bond acceptors (Lipinski definition) is 1. The smallest absolute Gasteiger partial charge is 0.226 e. The first-order valence-corrected chi connectivity index (χ1v) is 5.20. The number of carbonyl (C=O) groups is 1. The topological polar surface area (TPSA) is 29.1 Å². The Hall–Kier alpha value is -0.530. The summed E-state index contributed by atoms with van der Waals surface area (Å²) in [6.45, 7) is 16.3. The molecule has 0 bridgehead atoms. The lowest BCUT2D eigenvalue weighted by molar-refractivity contribution is -0.136. The first kappa shape index (κ1) is 13.5. The Balaban J connectivity index is 4.70. The summed E-state index contributed by atoms with van der Waals surface area (Å²) in [5, 5.41) is 3.03. The highest BCUT2D eigenvalue weighted by Crippen LogP contribution is 2.38. The van der Waals surface area contributed by atoms with Crippen molar-refractivity contribution in [1.82, 2.24) is 5.32 Å². The molecule has 1 amide bonds. The molecule has 0 rings (SSSR count). The molecule has 0 unspecified atom stereocenters. The van der Waals surface area contributed by atoms with E-state index in [4.69, 9.17) is 0 Å². The van der Waals surface area contributed by atoms with Crippen LogP contribution in [0.3, 0.4) is 0 Å². The van der Waals surface area contributed by atoms with Gasteiger partial charge in [0, 0.05) is 11.0 Å². The van der Waals surface area contributed by atoms with Crippen molar-refractivity contribution in [2.24, 2.45) is 10.8 Å². The van der Waals surface area contributed by atoms with E-state index in [9.17, 15) is 4.79 Å². The second-order valence-corrected chi connectivity index (χ2v) is 6.58. The van der Waals surface area contributed by atoms with E-state index in [0.29, 0.717) is 0 Å². The minimum Gasteiger partial charge on any atom is -0.351 e. The van der Waals surface area contributed by atoms with E-state index in [2.05, 4.69) is 26.1 Å². The number of amides is 1. The van der Waals surface area contributed by atoms with Crippen molar-refractivity contribution in [2.75, 3.05) is 0 Å². The maximum atomic E-state index is 12.0. The first-order valence-electron chi connectivity index (χ1n) is 5.20. The molecule has 0 aliphatic carbocycles. The standard InChI is InChI=1S/C12H25NO/c1-10(2,3)12(7,8)9(14)13-11(4,5)6/h1-8H3,(H,13,14). The SMILES string of the molecule is CC(C)(C)NC(=O)C(C)(C)C(C)(C)C.